The molecule has 1 N–H and O–H groups in total. The summed E-state index contributed by atoms with van der Waals surface area (Å²) in [5, 5.41) is 13.3. The van der Waals surface area contributed by atoms with Crippen LogP contribution in [0.2, 0.25) is 5.02 Å². The van der Waals surface area contributed by atoms with Gasteiger partial charge in [0.05, 0.1) is 39.7 Å². The van der Waals surface area contributed by atoms with Gasteiger partial charge < -0.3 is 19.5 Å². The second-order valence-corrected chi connectivity index (χ2v) is 10.6. The number of nitro groups is 1. The van der Waals surface area contributed by atoms with E-state index in [2.05, 4.69) is 10.1 Å². The molecule has 1 aliphatic rings. The number of carbonyl (C=O) groups excluding carboxylic acids is 4. The summed E-state index contributed by atoms with van der Waals surface area (Å²) in [6, 6.07) is 10.0. The van der Waals surface area contributed by atoms with Crippen molar-refractivity contribution >= 4 is 63.8 Å². The van der Waals surface area contributed by atoms with E-state index in [0.717, 1.165) is 13.2 Å². The van der Waals surface area contributed by atoms with Gasteiger partial charge in [0.1, 0.15) is 6.54 Å². The molecule has 3 aromatic rings. The molecule has 12 nitrogen and oxygen atoms in total. The fourth-order valence-corrected chi connectivity index (χ4v) is 5.04. The summed E-state index contributed by atoms with van der Waals surface area (Å²) < 4.78 is 55.0. The number of hydrogen-bond donors (Lipinski definition) is 1. The number of ether oxygens (including phenoxy) is 3. The van der Waals surface area contributed by atoms with E-state index in [1.807, 2.05) is 0 Å². The van der Waals surface area contributed by atoms with Gasteiger partial charge in [-0.25, -0.2) is 4.79 Å². The Kier molecular flexibility index (Phi) is 10.2. The summed E-state index contributed by atoms with van der Waals surface area (Å²) in [6.45, 7) is 1.10. The maximum absolute atomic E-state index is 13.1. The molecular weight excluding hydrogens is 659 g/mol. The zero-order valence-electron chi connectivity index (χ0n) is 23.7. The van der Waals surface area contributed by atoms with E-state index in [1.54, 1.807) is 6.92 Å². The number of thioether (sulfide) groups is 1. The Hall–Kier alpha value is -5.09. The molecule has 0 spiro atoms. The van der Waals surface area contributed by atoms with Crippen LogP contribution in [0.4, 0.5) is 29.3 Å². The normalized spacial score (nSPS) is 14.0. The summed E-state index contributed by atoms with van der Waals surface area (Å²) >= 11 is 6.55. The number of hydrogen-bond acceptors (Lipinski definition) is 10. The molecule has 17 heteroatoms. The average molecular weight is 680 g/mol. The lowest BCUT2D eigenvalue weighted by Crippen LogP contribution is -2.36. The van der Waals surface area contributed by atoms with Crippen LogP contribution < -0.4 is 14.8 Å². The third-order valence-electron chi connectivity index (χ3n) is 6.10. The molecule has 1 aliphatic heterocycles. The highest BCUT2D eigenvalue weighted by Crippen LogP contribution is 2.41. The van der Waals surface area contributed by atoms with Gasteiger partial charge in [0.2, 0.25) is 11.7 Å². The molecule has 0 aliphatic carbocycles. The Bertz CT molecular complexity index is 1780. The van der Waals surface area contributed by atoms with Crippen molar-refractivity contribution in [3.05, 3.63) is 91.3 Å². The molecule has 3 aromatic carbocycles. The minimum atomic E-state index is -4.81. The number of nitrogens with one attached hydrogen (secondary N) is 1. The maximum Gasteiger partial charge on any atom is 0.416 e. The summed E-state index contributed by atoms with van der Waals surface area (Å²) in [5.41, 5.74) is -1.64. The highest BCUT2D eigenvalue weighted by atomic mass is 35.5. The van der Waals surface area contributed by atoms with Crippen LogP contribution in [0.25, 0.3) is 6.08 Å². The van der Waals surface area contributed by atoms with E-state index in [4.69, 9.17) is 21.1 Å². The molecule has 0 bridgehead atoms. The van der Waals surface area contributed by atoms with Gasteiger partial charge in [0.15, 0.2) is 11.5 Å². The standard InChI is InChI=1S/C29H21ClF3N3O9S/c1-3-44-23-10-15(4-8-22(23)45-21-9-5-16(29(31,32)33)12-20(21)36(41)42)11-24-26(38)35(28(40)46-24)14-25(37)34-17-6-7-19(30)18(13-17)27(39)43-2/h4-13H,3,14H2,1-2H3,(H,34,37)/b24-11+. The SMILES string of the molecule is CCOc1cc(/C=C2/SC(=O)N(CC(=O)Nc3ccc(Cl)c(C(=O)OC)c3)C2=O)ccc1Oc1ccc(C(F)(F)F)cc1[N+](=O)[O-]. The van der Waals surface area contributed by atoms with Crippen LogP contribution in [-0.4, -0.2) is 53.1 Å². The number of methoxy groups -OCH3 is 1. The molecule has 0 unspecified atom stereocenters. The highest BCUT2D eigenvalue weighted by Gasteiger charge is 2.37. The summed E-state index contributed by atoms with van der Waals surface area (Å²) in [7, 11) is 1.16. The van der Waals surface area contributed by atoms with Crippen molar-refractivity contribution in [2.24, 2.45) is 0 Å². The van der Waals surface area contributed by atoms with Gasteiger partial charge in [-0.15, -0.1) is 0 Å². The van der Waals surface area contributed by atoms with Crippen molar-refractivity contribution in [1.82, 2.24) is 4.90 Å². The molecule has 1 saturated heterocycles. The van der Waals surface area contributed by atoms with E-state index in [1.165, 1.54) is 42.5 Å². The van der Waals surface area contributed by atoms with E-state index < -0.39 is 57.7 Å². The van der Waals surface area contributed by atoms with Crippen molar-refractivity contribution in [2.75, 3.05) is 25.6 Å². The third-order valence-corrected chi connectivity index (χ3v) is 7.34. The lowest BCUT2D eigenvalue weighted by Gasteiger charge is -2.14. The van der Waals surface area contributed by atoms with Crippen LogP contribution in [-0.2, 0) is 20.5 Å². The number of imide groups is 1. The van der Waals surface area contributed by atoms with Crippen molar-refractivity contribution in [3.63, 3.8) is 0 Å². The van der Waals surface area contributed by atoms with E-state index in [-0.39, 0.29) is 39.3 Å². The van der Waals surface area contributed by atoms with Crippen molar-refractivity contribution in [1.29, 1.82) is 0 Å². The topological polar surface area (TPSA) is 154 Å². The maximum atomic E-state index is 13.1. The largest absolute Gasteiger partial charge is 0.490 e. The zero-order chi connectivity index (χ0) is 33.8. The second kappa shape index (κ2) is 13.9. The first-order chi connectivity index (χ1) is 21.7. The van der Waals surface area contributed by atoms with E-state index in [9.17, 15) is 42.5 Å². The number of nitrogens with zero attached hydrogens (tertiary/aromatic N) is 2. The molecule has 0 aromatic heterocycles. The first-order valence-electron chi connectivity index (χ1n) is 12.9. The second-order valence-electron chi connectivity index (χ2n) is 9.18. The molecular formula is C29H21ClF3N3O9S. The number of amides is 3. The Morgan fingerprint density at radius 2 is 1.78 bits per heavy atom. The number of alkyl halides is 3. The lowest BCUT2D eigenvalue weighted by molar-refractivity contribution is -0.385. The van der Waals surface area contributed by atoms with Crippen molar-refractivity contribution in [2.45, 2.75) is 13.1 Å². The fraction of sp³-hybridized carbons (Fsp3) is 0.172. The summed E-state index contributed by atoms with van der Waals surface area (Å²) in [5.74, 6) is -2.73. The van der Waals surface area contributed by atoms with Crippen LogP contribution >= 0.6 is 23.4 Å². The van der Waals surface area contributed by atoms with Crippen LogP contribution in [0.15, 0.2) is 59.5 Å². The minimum Gasteiger partial charge on any atom is -0.490 e. The summed E-state index contributed by atoms with van der Waals surface area (Å²) in [6.07, 6.45) is -3.46. The van der Waals surface area contributed by atoms with Gasteiger partial charge in [-0.3, -0.25) is 29.4 Å². The van der Waals surface area contributed by atoms with Crippen molar-refractivity contribution < 1.29 is 51.5 Å². The first kappa shape index (κ1) is 33.8. The summed E-state index contributed by atoms with van der Waals surface area (Å²) in [4.78, 5) is 61.2. The number of benzene rings is 3. The van der Waals surface area contributed by atoms with Gasteiger partial charge in [-0.05, 0) is 72.8 Å². The third kappa shape index (κ3) is 7.76. The molecule has 240 valence electrons. The molecule has 0 atom stereocenters. The fourth-order valence-electron chi connectivity index (χ4n) is 4.01. The van der Waals surface area contributed by atoms with Gasteiger partial charge in [0.25, 0.3) is 11.1 Å². The molecule has 1 heterocycles. The number of esters is 1. The molecule has 4 rings (SSSR count). The number of nitro benzene ring substituents is 1. The zero-order valence-corrected chi connectivity index (χ0v) is 25.2. The first-order valence-corrected chi connectivity index (χ1v) is 14.1. The monoisotopic (exact) mass is 679 g/mol. The quantitative estimate of drug-likeness (QED) is 0.103. The smallest absolute Gasteiger partial charge is 0.416 e. The Morgan fingerprint density at radius 3 is 2.43 bits per heavy atom. The van der Waals surface area contributed by atoms with Crippen LogP contribution in [0.1, 0.15) is 28.4 Å². The molecule has 1 fully saturated rings. The Morgan fingerprint density at radius 1 is 1.07 bits per heavy atom. The number of carbonyl (C=O) groups is 4. The highest BCUT2D eigenvalue weighted by molar-refractivity contribution is 8.18. The van der Waals surface area contributed by atoms with Gasteiger partial charge in [0, 0.05) is 11.8 Å². The Balaban J connectivity index is 1.52. The number of anilines is 1. The lowest BCUT2D eigenvalue weighted by atomic mass is 10.1. The van der Waals surface area contributed by atoms with Gasteiger partial charge >= 0.3 is 17.8 Å². The molecule has 46 heavy (non-hydrogen) atoms. The molecule has 3 amide bonds. The molecule has 0 saturated carbocycles. The average Bonchev–Trinajstić information content (AvgIpc) is 3.25. The number of rotatable bonds is 10. The predicted octanol–water partition coefficient (Wildman–Crippen LogP) is 6.92. The van der Waals surface area contributed by atoms with Crippen molar-refractivity contribution in [3.8, 4) is 17.2 Å². The van der Waals surface area contributed by atoms with E-state index in [0.29, 0.717) is 34.4 Å². The Labute approximate surface area is 267 Å². The van der Waals surface area contributed by atoms with Crippen LogP contribution in [0, 0.1) is 10.1 Å². The van der Waals surface area contributed by atoms with Crippen LogP contribution in [0.5, 0.6) is 17.2 Å². The van der Waals surface area contributed by atoms with Gasteiger partial charge in [-0.2, -0.15) is 13.2 Å². The van der Waals surface area contributed by atoms with E-state index >= 15 is 0 Å². The predicted molar refractivity (Wildman–Crippen MR) is 160 cm³/mol. The van der Waals surface area contributed by atoms with Crippen LogP contribution in [0.3, 0.4) is 0 Å². The van der Waals surface area contributed by atoms with Gasteiger partial charge in [-0.1, -0.05) is 17.7 Å². The number of halogens is 4. The minimum absolute atomic E-state index is 0.00325. The molecule has 0 radical (unpaired) electrons.